The summed E-state index contributed by atoms with van der Waals surface area (Å²) >= 11 is 0. The Balaban J connectivity index is 2.01. The van der Waals surface area contributed by atoms with Crippen molar-refractivity contribution in [3.63, 3.8) is 0 Å². The van der Waals surface area contributed by atoms with Crippen molar-refractivity contribution in [3.05, 3.63) is 11.7 Å². The number of hydrogen-bond acceptors (Lipinski definition) is 5. The van der Waals surface area contributed by atoms with Crippen LogP contribution in [0, 0.1) is 0 Å². The number of nitrogens with zero attached hydrogens (tertiary/aromatic N) is 3. The van der Waals surface area contributed by atoms with Gasteiger partial charge in [0.2, 0.25) is 5.89 Å². The summed E-state index contributed by atoms with van der Waals surface area (Å²) in [6, 6.07) is 0.717. The van der Waals surface area contributed by atoms with E-state index in [1.165, 1.54) is 0 Å². The number of aliphatic hydroxyl groups excluding tert-OH is 1. The van der Waals surface area contributed by atoms with Crippen LogP contribution < -0.4 is 0 Å². The normalized spacial score (nSPS) is 30.7. The van der Waals surface area contributed by atoms with Crippen LogP contribution >= 0.6 is 0 Å². The number of likely N-dealkylation sites (tertiary alicyclic amines) is 1. The minimum Gasteiger partial charge on any atom is -0.393 e. The van der Waals surface area contributed by atoms with Gasteiger partial charge in [-0.3, -0.25) is 4.90 Å². The summed E-state index contributed by atoms with van der Waals surface area (Å²) in [6.45, 7) is 6.98. The van der Waals surface area contributed by atoms with Crippen LogP contribution in [0.2, 0.25) is 0 Å². The van der Waals surface area contributed by atoms with Gasteiger partial charge in [0.15, 0.2) is 5.82 Å². The van der Waals surface area contributed by atoms with E-state index in [1.807, 2.05) is 6.92 Å². The Morgan fingerprint density at radius 3 is 2.53 bits per heavy atom. The maximum atomic E-state index is 9.70. The van der Waals surface area contributed by atoms with E-state index in [1.54, 1.807) is 0 Å². The second-order valence-corrected chi connectivity index (χ2v) is 4.95. The molecule has 5 nitrogen and oxygen atoms in total. The Bertz CT molecular complexity index is 354. The number of piperidine rings is 1. The van der Waals surface area contributed by atoms with Crippen LogP contribution in [0.15, 0.2) is 4.52 Å². The summed E-state index contributed by atoms with van der Waals surface area (Å²) in [5.41, 5.74) is 0. The largest absolute Gasteiger partial charge is 0.393 e. The first-order chi connectivity index (χ1) is 8.10. The van der Waals surface area contributed by atoms with Gasteiger partial charge in [-0.1, -0.05) is 12.1 Å². The van der Waals surface area contributed by atoms with Gasteiger partial charge in [0.25, 0.3) is 0 Å². The number of aryl methyl sites for hydroxylation is 1. The first kappa shape index (κ1) is 12.5. The Morgan fingerprint density at radius 2 is 2.00 bits per heavy atom. The minimum atomic E-state index is -0.173. The molecule has 0 amide bonds. The molecule has 0 radical (unpaired) electrons. The van der Waals surface area contributed by atoms with Gasteiger partial charge < -0.3 is 9.63 Å². The summed E-state index contributed by atoms with van der Waals surface area (Å²) in [5.74, 6) is 1.44. The molecule has 2 rings (SSSR count). The maximum absolute atomic E-state index is 9.70. The molecule has 96 valence electrons. The first-order valence-electron chi connectivity index (χ1n) is 6.35. The van der Waals surface area contributed by atoms with Gasteiger partial charge in [-0.05, 0) is 26.7 Å². The predicted octanol–water partition coefficient (Wildman–Crippen LogP) is 1.37. The Labute approximate surface area is 102 Å². The van der Waals surface area contributed by atoms with Gasteiger partial charge in [-0.15, -0.1) is 0 Å². The van der Waals surface area contributed by atoms with E-state index in [-0.39, 0.29) is 6.10 Å². The maximum Gasteiger partial charge on any atom is 0.226 e. The molecule has 17 heavy (non-hydrogen) atoms. The number of aromatic nitrogens is 2. The number of hydrogen-bond donors (Lipinski definition) is 1. The number of aliphatic hydroxyl groups is 1. The third-order valence-electron chi connectivity index (χ3n) is 3.50. The highest BCUT2D eigenvalue weighted by Crippen LogP contribution is 2.24. The lowest BCUT2D eigenvalue weighted by Crippen LogP contribution is -2.47. The van der Waals surface area contributed by atoms with E-state index in [2.05, 4.69) is 28.9 Å². The molecule has 1 aliphatic rings. The van der Waals surface area contributed by atoms with Gasteiger partial charge in [0.1, 0.15) is 0 Å². The van der Waals surface area contributed by atoms with Gasteiger partial charge in [-0.2, -0.15) is 4.98 Å². The SMILES string of the molecule is CCc1nc(CN2[C@H](C)CC(O)C[C@H]2C)no1. The van der Waals surface area contributed by atoms with Crippen LogP contribution in [0.1, 0.15) is 45.3 Å². The molecular weight excluding hydrogens is 218 g/mol. The van der Waals surface area contributed by atoms with Gasteiger partial charge in [0.05, 0.1) is 12.6 Å². The highest BCUT2D eigenvalue weighted by Gasteiger charge is 2.30. The second kappa shape index (κ2) is 5.14. The molecule has 0 bridgehead atoms. The molecule has 0 aliphatic carbocycles. The third-order valence-corrected chi connectivity index (χ3v) is 3.50. The Morgan fingerprint density at radius 1 is 1.35 bits per heavy atom. The third kappa shape index (κ3) is 2.84. The minimum absolute atomic E-state index is 0.173. The van der Waals surface area contributed by atoms with Crippen molar-refractivity contribution < 1.29 is 9.63 Å². The monoisotopic (exact) mass is 239 g/mol. The standard InChI is InChI=1S/C12H21N3O2/c1-4-12-13-11(14-17-12)7-15-8(2)5-10(16)6-9(15)3/h8-10,16H,4-7H2,1-3H3/t8-,9-/m1/s1. The quantitative estimate of drug-likeness (QED) is 0.863. The Kier molecular flexibility index (Phi) is 3.79. The fraction of sp³-hybridized carbons (Fsp3) is 0.833. The zero-order chi connectivity index (χ0) is 12.4. The molecule has 1 aromatic heterocycles. The lowest BCUT2D eigenvalue weighted by molar-refractivity contribution is 0.00695. The molecule has 1 N–H and O–H groups in total. The predicted molar refractivity (Wildman–Crippen MR) is 63.4 cm³/mol. The Hall–Kier alpha value is -0.940. The molecule has 0 saturated carbocycles. The lowest BCUT2D eigenvalue weighted by Gasteiger charge is -2.40. The molecular formula is C12H21N3O2. The molecule has 1 saturated heterocycles. The summed E-state index contributed by atoms with van der Waals surface area (Å²) in [7, 11) is 0. The average molecular weight is 239 g/mol. The molecule has 2 heterocycles. The average Bonchev–Trinajstić information content (AvgIpc) is 2.71. The van der Waals surface area contributed by atoms with Crippen molar-refractivity contribution in [2.24, 2.45) is 0 Å². The van der Waals surface area contributed by atoms with Crippen molar-refractivity contribution in [2.75, 3.05) is 0 Å². The molecule has 1 aliphatic heterocycles. The highest BCUT2D eigenvalue weighted by molar-refractivity contribution is 4.91. The molecule has 0 spiro atoms. The smallest absolute Gasteiger partial charge is 0.226 e. The van der Waals surface area contributed by atoms with Crippen molar-refractivity contribution in [1.82, 2.24) is 15.0 Å². The zero-order valence-corrected chi connectivity index (χ0v) is 10.8. The lowest BCUT2D eigenvalue weighted by atomic mass is 9.95. The van der Waals surface area contributed by atoms with E-state index in [9.17, 15) is 5.11 Å². The molecule has 5 heteroatoms. The molecule has 0 aromatic carbocycles. The van der Waals surface area contributed by atoms with Crippen LogP contribution in [0.3, 0.4) is 0 Å². The van der Waals surface area contributed by atoms with Crippen LogP contribution in [0.5, 0.6) is 0 Å². The van der Waals surface area contributed by atoms with E-state index in [0.29, 0.717) is 24.5 Å². The fourth-order valence-electron chi connectivity index (χ4n) is 2.56. The second-order valence-electron chi connectivity index (χ2n) is 4.95. The summed E-state index contributed by atoms with van der Waals surface area (Å²) in [6.07, 6.45) is 2.25. The van der Waals surface area contributed by atoms with Crippen molar-refractivity contribution in [2.45, 2.75) is 64.8 Å². The van der Waals surface area contributed by atoms with Crippen LogP contribution in [0.25, 0.3) is 0 Å². The molecule has 0 unspecified atom stereocenters. The van der Waals surface area contributed by atoms with Gasteiger partial charge >= 0.3 is 0 Å². The summed E-state index contributed by atoms with van der Waals surface area (Å²) in [4.78, 5) is 6.66. The first-order valence-corrected chi connectivity index (χ1v) is 6.35. The molecule has 1 aromatic rings. The van der Waals surface area contributed by atoms with Gasteiger partial charge in [-0.25, -0.2) is 0 Å². The molecule has 1 fully saturated rings. The van der Waals surface area contributed by atoms with Gasteiger partial charge in [0, 0.05) is 18.5 Å². The summed E-state index contributed by atoms with van der Waals surface area (Å²) in [5, 5.41) is 13.7. The van der Waals surface area contributed by atoms with E-state index in [0.717, 1.165) is 25.1 Å². The van der Waals surface area contributed by atoms with Crippen LogP contribution in [-0.2, 0) is 13.0 Å². The topological polar surface area (TPSA) is 62.4 Å². The fourth-order valence-corrected chi connectivity index (χ4v) is 2.56. The number of rotatable bonds is 3. The van der Waals surface area contributed by atoms with Crippen molar-refractivity contribution in [1.29, 1.82) is 0 Å². The zero-order valence-electron chi connectivity index (χ0n) is 10.8. The van der Waals surface area contributed by atoms with Crippen LogP contribution in [0.4, 0.5) is 0 Å². The van der Waals surface area contributed by atoms with Crippen molar-refractivity contribution >= 4 is 0 Å². The summed E-state index contributed by atoms with van der Waals surface area (Å²) < 4.78 is 5.11. The van der Waals surface area contributed by atoms with E-state index in [4.69, 9.17) is 4.52 Å². The molecule has 2 atom stereocenters. The highest BCUT2D eigenvalue weighted by atomic mass is 16.5. The van der Waals surface area contributed by atoms with Crippen LogP contribution in [-0.4, -0.2) is 38.3 Å². The van der Waals surface area contributed by atoms with E-state index < -0.39 is 0 Å². The van der Waals surface area contributed by atoms with Crippen molar-refractivity contribution in [3.8, 4) is 0 Å². The van der Waals surface area contributed by atoms with E-state index >= 15 is 0 Å².